The summed E-state index contributed by atoms with van der Waals surface area (Å²) in [6, 6.07) is 11.2. The van der Waals surface area contributed by atoms with Gasteiger partial charge in [0.2, 0.25) is 0 Å². The van der Waals surface area contributed by atoms with Crippen LogP contribution >= 0.6 is 0 Å². The summed E-state index contributed by atoms with van der Waals surface area (Å²) < 4.78 is 0. The van der Waals surface area contributed by atoms with Gasteiger partial charge in [0.05, 0.1) is 0 Å². The predicted molar refractivity (Wildman–Crippen MR) is 88.0 cm³/mol. The van der Waals surface area contributed by atoms with E-state index in [0.29, 0.717) is 0 Å². The standard InChI is InChI=1S/C19H31N/c1-4-12-20-14-18-11-10-17(15(2)3)13-19(18)16-8-6-5-7-9-16/h5-9,15,17-20H,4,10-14H2,1-3H3. The molecule has 0 radical (unpaired) electrons. The molecule has 0 aromatic heterocycles. The number of hydrogen-bond acceptors (Lipinski definition) is 1. The van der Waals surface area contributed by atoms with E-state index in [2.05, 4.69) is 56.4 Å². The summed E-state index contributed by atoms with van der Waals surface area (Å²) in [4.78, 5) is 0. The number of hydrogen-bond donors (Lipinski definition) is 1. The lowest BCUT2D eigenvalue weighted by Gasteiger charge is -2.38. The van der Waals surface area contributed by atoms with Gasteiger partial charge in [0, 0.05) is 0 Å². The Morgan fingerprint density at radius 3 is 2.55 bits per heavy atom. The number of nitrogens with one attached hydrogen (secondary N) is 1. The van der Waals surface area contributed by atoms with E-state index in [-0.39, 0.29) is 0 Å². The van der Waals surface area contributed by atoms with E-state index >= 15 is 0 Å². The first-order valence-electron chi connectivity index (χ1n) is 8.48. The van der Waals surface area contributed by atoms with Crippen LogP contribution in [-0.2, 0) is 0 Å². The third-order valence-electron chi connectivity index (χ3n) is 5.04. The molecule has 0 saturated heterocycles. The van der Waals surface area contributed by atoms with E-state index in [4.69, 9.17) is 0 Å². The predicted octanol–water partition coefficient (Wildman–Crippen LogP) is 4.84. The molecule has 1 heteroatoms. The molecule has 3 atom stereocenters. The van der Waals surface area contributed by atoms with Crippen molar-refractivity contribution in [1.82, 2.24) is 5.32 Å². The van der Waals surface area contributed by atoms with Gasteiger partial charge in [0.25, 0.3) is 0 Å². The van der Waals surface area contributed by atoms with Crippen molar-refractivity contribution in [2.45, 2.75) is 52.4 Å². The first-order valence-corrected chi connectivity index (χ1v) is 8.48. The van der Waals surface area contributed by atoms with Crippen LogP contribution in [0.2, 0.25) is 0 Å². The highest BCUT2D eigenvalue weighted by molar-refractivity contribution is 5.21. The van der Waals surface area contributed by atoms with Crippen molar-refractivity contribution in [3.05, 3.63) is 35.9 Å². The zero-order valence-electron chi connectivity index (χ0n) is 13.4. The average molecular weight is 273 g/mol. The van der Waals surface area contributed by atoms with Crippen molar-refractivity contribution in [3.63, 3.8) is 0 Å². The minimum Gasteiger partial charge on any atom is -0.316 e. The summed E-state index contributed by atoms with van der Waals surface area (Å²) in [7, 11) is 0. The van der Waals surface area contributed by atoms with Gasteiger partial charge in [-0.15, -0.1) is 0 Å². The van der Waals surface area contributed by atoms with Gasteiger partial charge >= 0.3 is 0 Å². The largest absolute Gasteiger partial charge is 0.316 e. The topological polar surface area (TPSA) is 12.0 Å². The molecule has 1 nitrogen and oxygen atoms in total. The molecule has 1 aromatic rings. The minimum absolute atomic E-state index is 0.752. The average Bonchev–Trinajstić information content (AvgIpc) is 2.48. The van der Waals surface area contributed by atoms with Gasteiger partial charge < -0.3 is 5.32 Å². The summed E-state index contributed by atoms with van der Waals surface area (Å²) >= 11 is 0. The van der Waals surface area contributed by atoms with Gasteiger partial charge in [-0.25, -0.2) is 0 Å². The van der Waals surface area contributed by atoms with E-state index in [9.17, 15) is 0 Å². The van der Waals surface area contributed by atoms with E-state index in [0.717, 1.165) is 30.2 Å². The molecule has 1 saturated carbocycles. The van der Waals surface area contributed by atoms with E-state index < -0.39 is 0 Å². The van der Waals surface area contributed by atoms with Crippen LogP contribution in [0.3, 0.4) is 0 Å². The zero-order valence-corrected chi connectivity index (χ0v) is 13.4. The molecular formula is C19H31N. The Morgan fingerprint density at radius 1 is 1.15 bits per heavy atom. The minimum atomic E-state index is 0.752. The summed E-state index contributed by atoms with van der Waals surface area (Å²) in [5.74, 6) is 3.30. The Balaban J connectivity index is 2.06. The Hall–Kier alpha value is -0.820. The van der Waals surface area contributed by atoms with Crippen molar-refractivity contribution in [2.75, 3.05) is 13.1 Å². The molecule has 1 aromatic carbocycles. The first-order chi connectivity index (χ1) is 9.72. The van der Waals surface area contributed by atoms with Gasteiger partial charge in [0.15, 0.2) is 0 Å². The molecule has 0 bridgehead atoms. The molecular weight excluding hydrogens is 242 g/mol. The monoisotopic (exact) mass is 273 g/mol. The van der Waals surface area contributed by atoms with E-state index in [1.165, 1.54) is 32.2 Å². The van der Waals surface area contributed by atoms with Crippen molar-refractivity contribution in [3.8, 4) is 0 Å². The Bertz CT molecular complexity index is 371. The zero-order chi connectivity index (χ0) is 14.4. The summed E-state index contributed by atoms with van der Waals surface area (Å²) in [5.41, 5.74) is 1.56. The van der Waals surface area contributed by atoms with Crippen LogP contribution in [0.5, 0.6) is 0 Å². The van der Waals surface area contributed by atoms with Crippen molar-refractivity contribution >= 4 is 0 Å². The van der Waals surface area contributed by atoms with Crippen molar-refractivity contribution in [2.24, 2.45) is 17.8 Å². The molecule has 0 spiro atoms. The molecule has 20 heavy (non-hydrogen) atoms. The van der Waals surface area contributed by atoms with Crippen LogP contribution < -0.4 is 5.32 Å². The smallest absolute Gasteiger partial charge is 0.00147 e. The highest BCUT2D eigenvalue weighted by atomic mass is 14.9. The molecule has 112 valence electrons. The lowest BCUT2D eigenvalue weighted by Crippen LogP contribution is -2.33. The molecule has 1 aliphatic carbocycles. The fraction of sp³-hybridized carbons (Fsp3) is 0.684. The lowest BCUT2D eigenvalue weighted by atomic mass is 9.68. The normalized spacial score (nSPS) is 26.9. The van der Waals surface area contributed by atoms with Crippen molar-refractivity contribution in [1.29, 1.82) is 0 Å². The molecule has 0 heterocycles. The quantitative estimate of drug-likeness (QED) is 0.731. The second-order valence-electron chi connectivity index (χ2n) is 6.80. The lowest BCUT2D eigenvalue weighted by molar-refractivity contribution is 0.190. The number of benzene rings is 1. The van der Waals surface area contributed by atoms with Gasteiger partial charge in [-0.3, -0.25) is 0 Å². The molecule has 1 aliphatic rings. The molecule has 0 amide bonds. The third kappa shape index (κ3) is 4.09. The fourth-order valence-electron chi connectivity index (χ4n) is 3.69. The third-order valence-corrected chi connectivity index (χ3v) is 5.04. The number of rotatable bonds is 6. The Morgan fingerprint density at radius 2 is 1.90 bits per heavy atom. The maximum Gasteiger partial charge on any atom is -0.00147 e. The highest BCUT2D eigenvalue weighted by Gasteiger charge is 2.32. The van der Waals surface area contributed by atoms with E-state index in [1.807, 2.05) is 0 Å². The SMILES string of the molecule is CCCNCC1CCC(C(C)C)CC1c1ccccc1. The van der Waals surface area contributed by atoms with Crippen LogP contribution in [0.1, 0.15) is 57.9 Å². The maximum absolute atomic E-state index is 3.65. The Labute approximate surface area is 125 Å². The Kier molecular flexibility index (Phi) is 6.09. The summed E-state index contributed by atoms with van der Waals surface area (Å²) in [5, 5.41) is 3.65. The fourth-order valence-corrected chi connectivity index (χ4v) is 3.69. The summed E-state index contributed by atoms with van der Waals surface area (Å²) in [6.07, 6.45) is 5.41. The first kappa shape index (κ1) is 15.6. The van der Waals surface area contributed by atoms with Gasteiger partial charge in [-0.05, 0) is 68.0 Å². The van der Waals surface area contributed by atoms with Crippen LogP contribution in [0.15, 0.2) is 30.3 Å². The van der Waals surface area contributed by atoms with Gasteiger partial charge in [0.1, 0.15) is 0 Å². The van der Waals surface area contributed by atoms with Crippen LogP contribution in [0.25, 0.3) is 0 Å². The van der Waals surface area contributed by atoms with Gasteiger partial charge in [-0.1, -0.05) is 51.1 Å². The van der Waals surface area contributed by atoms with Crippen LogP contribution in [0, 0.1) is 17.8 Å². The van der Waals surface area contributed by atoms with Gasteiger partial charge in [-0.2, -0.15) is 0 Å². The second kappa shape index (κ2) is 7.83. The molecule has 1 fully saturated rings. The molecule has 1 N–H and O–H groups in total. The molecule has 2 rings (SSSR count). The summed E-state index contributed by atoms with van der Waals surface area (Å²) in [6.45, 7) is 9.38. The maximum atomic E-state index is 3.65. The van der Waals surface area contributed by atoms with Crippen LogP contribution in [-0.4, -0.2) is 13.1 Å². The van der Waals surface area contributed by atoms with Crippen molar-refractivity contribution < 1.29 is 0 Å². The highest BCUT2D eigenvalue weighted by Crippen LogP contribution is 2.42. The van der Waals surface area contributed by atoms with E-state index in [1.54, 1.807) is 5.56 Å². The molecule has 3 unspecified atom stereocenters. The molecule has 0 aliphatic heterocycles. The second-order valence-corrected chi connectivity index (χ2v) is 6.80. The van der Waals surface area contributed by atoms with Crippen LogP contribution in [0.4, 0.5) is 0 Å².